The number of halogens is 1. The summed E-state index contributed by atoms with van der Waals surface area (Å²) in [6.45, 7) is 3.95. The number of nitrogens with one attached hydrogen (secondary N) is 1. The van der Waals surface area contributed by atoms with Gasteiger partial charge in [0.1, 0.15) is 5.82 Å². The first kappa shape index (κ1) is 8.42. The number of hydrogen-bond donors (Lipinski definition) is 1. The van der Waals surface area contributed by atoms with Gasteiger partial charge in [-0.05, 0) is 43.0 Å². The van der Waals surface area contributed by atoms with Gasteiger partial charge < -0.3 is 5.32 Å². The molecule has 1 heterocycles. The molecule has 74 valence electrons. The Hall–Kier alpha value is -0.890. The third-order valence-electron chi connectivity index (χ3n) is 3.72. The molecular formula is C12H14FN. The molecule has 2 fully saturated rings. The Bertz CT molecular complexity index is 388. The van der Waals surface area contributed by atoms with Gasteiger partial charge in [0.25, 0.3) is 0 Å². The van der Waals surface area contributed by atoms with Crippen LogP contribution in [0.4, 0.5) is 4.39 Å². The van der Waals surface area contributed by atoms with Crippen LogP contribution in [0.15, 0.2) is 18.2 Å². The van der Waals surface area contributed by atoms with Crippen molar-refractivity contribution >= 4 is 0 Å². The van der Waals surface area contributed by atoms with Gasteiger partial charge in [-0.3, -0.25) is 0 Å². The minimum atomic E-state index is -0.0174. The highest BCUT2D eigenvalue weighted by atomic mass is 19.1. The van der Waals surface area contributed by atoms with Crippen LogP contribution in [0.3, 0.4) is 0 Å². The normalized spacial score (nSPS) is 34.3. The van der Waals surface area contributed by atoms with E-state index in [2.05, 4.69) is 5.32 Å². The Morgan fingerprint density at radius 2 is 2.36 bits per heavy atom. The summed E-state index contributed by atoms with van der Waals surface area (Å²) in [5.74, 6) is 0.663. The van der Waals surface area contributed by atoms with Gasteiger partial charge in [0.15, 0.2) is 0 Å². The maximum absolute atomic E-state index is 13.7. The molecule has 1 aromatic rings. The Morgan fingerprint density at radius 3 is 2.93 bits per heavy atom. The molecule has 0 aromatic heterocycles. The summed E-state index contributed by atoms with van der Waals surface area (Å²) in [4.78, 5) is 0. The van der Waals surface area contributed by atoms with E-state index in [0.29, 0.717) is 5.92 Å². The van der Waals surface area contributed by atoms with Crippen molar-refractivity contribution in [1.29, 1.82) is 0 Å². The van der Waals surface area contributed by atoms with Crippen molar-refractivity contribution in [3.8, 4) is 0 Å². The van der Waals surface area contributed by atoms with Crippen molar-refractivity contribution in [2.24, 2.45) is 5.92 Å². The number of piperidine rings is 1. The maximum Gasteiger partial charge on any atom is 0.127 e. The molecular weight excluding hydrogens is 177 g/mol. The number of benzene rings is 1. The predicted molar refractivity (Wildman–Crippen MR) is 53.8 cm³/mol. The third kappa shape index (κ3) is 0.976. The van der Waals surface area contributed by atoms with Gasteiger partial charge in [0.05, 0.1) is 0 Å². The Balaban J connectivity index is 2.05. The zero-order valence-corrected chi connectivity index (χ0v) is 8.31. The van der Waals surface area contributed by atoms with Crippen LogP contribution in [-0.2, 0) is 5.41 Å². The monoisotopic (exact) mass is 191 g/mol. The van der Waals surface area contributed by atoms with E-state index in [9.17, 15) is 4.39 Å². The lowest BCUT2D eigenvalue weighted by Gasteiger charge is -2.13. The van der Waals surface area contributed by atoms with Crippen LogP contribution < -0.4 is 5.32 Å². The first-order valence-corrected chi connectivity index (χ1v) is 5.20. The van der Waals surface area contributed by atoms with E-state index in [1.54, 1.807) is 6.07 Å². The minimum absolute atomic E-state index is 0.0174. The van der Waals surface area contributed by atoms with Crippen LogP contribution in [0.25, 0.3) is 0 Å². The largest absolute Gasteiger partial charge is 0.316 e. The Morgan fingerprint density at radius 1 is 1.50 bits per heavy atom. The molecule has 0 spiro atoms. The molecule has 0 radical (unpaired) electrons. The molecule has 1 N–H and O–H groups in total. The van der Waals surface area contributed by atoms with E-state index in [-0.39, 0.29) is 11.2 Å². The Kier molecular flexibility index (Phi) is 1.55. The summed E-state index contributed by atoms with van der Waals surface area (Å²) in [5.41, 5.74) is 2.08. The van der Waals surface area contributed by atoms with E-state index < -0.39 is 0 Å². The first-order valence-electron chi connectivity index (χ1n) is 5.20. The van der Waals surface area contributed by atoms with E-state index >= 15 is 0 Å². The number of rotatable bonds is 1. The molecule has 0 amide bonds. The average molecular weight is 191 g/mol. The van der Waals surface area contributed by atoms with Crippen LogP contribution in [0.1, 0.15) is 17.5 Å². The SMILES string of the molecule is Cc1ccc(C23CNCC2C3)c(F)c1. The maximum atomic E-state index is 13.7. The molecule has 2 unspecified atom stereocenters. The lowest BCUT2D eigenvalue weighted by molar-refractivity contribution is 0.568. The summed E-state index contributed by atoms with van der Waals surface area (Å²) in [6.07, 6.45) is 1.17. The zero-order chi connectivity index (χ0) is 9.76. The fourth-order valence-corrected chi connectivity index (χ4v) is 2.78. The highest BCUT2D eigenvalue weighted by Gasteiger charge is 2.58. The van der Waals surface area contributed by atoms with Crippen molar-refractivity contribution in [3.05, 3.63) is 35.1 Å². The zero-order valence-electron chi connectivity index (χ0n) is 8.31. The van der Waals surface area contributed by atoms with Crippen molar-refractivity contribution in [2.45, 2.75) is 18.8 Å². The van der Waals surface area contributed by atoms with Crippen LogP contribution in [-0.4, -0.2) is 13.1 Å². The molecule has 14 heavy (non-hydrogen) atoms. The topological polar surface area (TPSA) is 12.0 Å². The van der Waals surface area contributed by atoms with E-state index in [0.717, 1.165) is 24.2 Å². The summed E-state index contributed by atoms with van der Waals surface area (Å²) in [6, 6.07) is 5.64. The first-order chi connectivity index (χ1) is 6.72. The van der Waals surface area contributed by atoms with Crippen molar-refractivity contribution < 1.29 is 4.39 Å². The summed E-state index contributed by atoms with van der Waals surface area (Å²) in [7, 11) is 0. The third-order valence-corrected chi connectivity index (χ3v) is 3.72. The molecule has 1 aromatic carbocycles. The lowest BCUT2D eigenvalue weighted by Crippen LogP contribution is -2.20. The summed E-state index contributed by atoms with van der Waals surface area (Å²) in [5, 5.41) is 3.34. The standard InChI is InChI=1S/C12H14FN/c1-8-2-3-10(11(13)4-8)12-5-9(12)6-14-7-12/h2-4,9,14H,5-7H2,1H3. The molecule has 1 aliphatic carbocycles. The second-order valence-corrected chi connectivity index (χ2v) is 4.67. The molecule has 2 atom stereocenters. The second-order valence-electron chi connectivity index (χ2n) is 4.67. The van der Waals surface area contributed by atoms with Crippen LogP contribution in [0, 0.1) is 18.7 Å². The van der Waals surface area contributed by atoms with Crippen LogP contribution >= 0.6 is 0 Å². The quantitative estimate of drug-likeness (QED) is 0.716. The molecule has 1 saturated heterocycles. The second kappa shape index (κ2) is 2.57. The van der Waals surface area contributed by atoms with Crippen molar-refractivity contribution in [2.75, 3.05) is 13.1 Å². The fraction of sp³-hybridized carbons (Fsp3) is 0.500. The molecule has 1 aliphatic heterocycles. The van der Waals surface area contributed by atoms with Crippen molar-refractivity contribution in [3.63, 3.8) is 0 Å². The van der Waals surface area contributed by atoms with Gasteiger partial charge in [-0.1, -0.05) is 12.1 Å². The molecule has 1 nitrogen and oxygen atoms in total. The van der Waals surface area contributed by atoms with Gasteiger partial charge in [0, 0.05) is 12.0 Å². The van der Waals surface area contributed by atoms with Gasteiger partial charge in [-0.15, -0.1) is 0 Å². The van der Waals surface area contributed by atoms with E-state index in [4.69, 9.17) is 0 Å². The van der Waals surface area contributed by atoms with Crippen molar-refractivity contribution in [1.82, 2.24) is 5.32 Å². The smallest absolute Gasteiger partial charge is 0.127 e. The van der Waals surface area contributed by atoms with Crippen LogP contribution in [0.2, 0.25) is 0 Å². The number of fused-ring (bicyclic) bond motifs is 1. The molecule has 1 saturated carbocycles. The average Bonchev–Trinajstić information content (AvgIpc) is 2.69. The molecule has 3 rings (SSSR count). The number of aryl methyl sites for hydroxylation is 1. The van der Waals surface area contributed by atoms with Gasteiger partial charge >= 0.3 is 0 Å². The van der Waals surface area contributed by atoms with E-state index in [1.807, 2.05) is 19.1 Å². The predicted octanol–water partition coefficient (Wildman–Crippen LogP) is 2.00. The summed E-state index contributed by atoms with van der Waals surface area (Å²) >= 11 is 0. The van der Waals surface area contributed by atoms with Gasteiger partial charge in [-0.2, -0.15) is 0 Å². The fourth-order valence-electron chi connectivity index (χ4n) is 2.78. The van der Waals surface area contributed by atoms with Gasteiger partial charge in [0.2, 0.25) is 0 Å². The molecule has 0 bridgehead atoms. The van der Waals surface area contributed by atoms with Gasteiger partial charge in [-0.25, -0.2) is 4.39 Å². The summed E-state index contributed by atoms with van der Waals surface area (Å²) < 4.78 is 13.7. The highest BCUT2D eigenvalue weighted by molar-refractivity contribution is 5.39. The minimum Gasteiger partial charge on any atom is -0.316 e. The molecule has 2 aliphatic rings. The number of hydrogen-bond acceptors (Lipinski definition) is 1. The Labute approximate surface area is 83.3 Å². The lowest BCUT2D eigenvalue weighted by atomic mass is 9.94. The highest BCUT2D eigenvalue weighted by Crippen LogP contribution is 2.56. The van der Waals surface area contributed by atoms with E-state index in [1.165, 1.54) is 6.42 Å². The molecule has 2 heteroatoms. The van der Waals surface area contributed by atoms with Crippen LogP contribution in [0.5, 0.6) is 0 Å².